The highest BCUT2D eigenvalue weighted by Gasteiger charge is 2.34. The van der Waals surface area contributed by atoms with E-state index in [2.05, 4.69) is 20.8 Å². The summed E-state index contributed by atoms with van der Waals surface area (Å²) >= 11 is 0. The molecule has 90 valence electrons. The largest absolute Gasteiger partial charge is 0.369 e. The van der Waals surface area contributed by atoms with Crippen LogP contribution in [0.1, 0.15) is 40.0 Å². The predicted octanol–water partition coefficient (Wildman–Crippen LogP) is 2.59. The zero-order valence-corrected chi connectivity index (χ0v) is 10.6. The number of rotatable bonds is 3. The molecule has 15 heavy (non-hydrogen) atoms. The summed E-state index contributed by atoms with van der Waals surface area (Å²) < 4.78 is 16.6. The van der Waals surface area contributed by atoms with Crippen molar-refractivity contribution in [2.45, 2.75) is 58.5 Å². The Balaban J connectivity index is 2.55. The number of methoxy groups -OCH3 is 2. The molecule has 0 spiro atoms. The lowest BCUT2D eigenvalue weighted by molar-refractivity contribution is -0.220. The highest BCUT2D eigenvalue weighted by atomic mass is 16.7. The van der Waals surface area contributed by atoms with Gasteiger partial charge in [-0.1, -0.05) is 20.8 Å². The maximum Gasteiger partial charge on any atom is 0.183 e. The highest BCUT2D eigenvalue weighted by Crippen LogP contribution is 2.33. The van der Waals surface area contributed by atoms with Gasteiger partial charge in [-0.25, -0.2) is 0 Å². The van der Waals surface area contributed by atoms with E-state index in [0.717, 1.165) is 12.8 Å². The van der Waals surface area contributed by atoms with E-state index in [0.29, 0.717) is 6.10 Å². The van der Waals surface area contributed by atoms with E-state index < -0.39 is 0 Å². The van der Waals surface area contributed by atoms with E-state index in [9.17, 15) is 0 Å². The first kappa shape index (κ1) is 12.9. The van der Waals surface area contributed by atoms with Gasteiger partial charge in [0.25, 0.3) is 0 Å². The molecule has 1 aliphatic heterocycles. The molecule has 0 radical (unpaired) electrons. The quantitative estimate of drug-likeness (QED) is 0.679. The fraction of sp³-hybridized carbons (Fsp3) is 1.00. The Bertz CT molecular complexity index is 182. The van der Waals surface area contributed by atoms with E-state index in [4.69, 9.17) is 14.2 Å². The molecule has 0 amide bonds. The third kappa shape index (κ3) is 3.44. The van der Waals surface area contributed by atoms with Gasteiger partial charge in [0.05, 0.1) is 6.10 Å². The molecule has 0 saturated carbocycles. The van der Waals surface area contributed by atoms with E-state index >= 15 is 0 Å². The molecule has 1 rings (SSSR count). The Labute approximate surface area is 93.1 Å². The van der Waals surface area contributed by atoms with Crippen LogP contribution in [0.5, 0.6) is 0 Å². The van der Waals surface area contributed by atoms with Crippen LogP contribution in [0.25, 0.3) is 0 Å². The lowest BCUT2D eigenvalue weighted by atomic mass is 9.84. The van der Waals surface area contributed by atoms with Crippen LogP contribution in [0.3, 0.4) is 0 Å². The van der Waals surface area contributed by atoms with E-state index in [1.165, 1.54) is 6.42 Å². The Morgan fingerprint density at radius 3 is 2.20 bits per heavy atom. The molecule has 0 bridgehead atoms. The van der Waals surface area contributed by atoms with Gasteiger partial charge in [0, 0.05) is 14.2 Å². The summed E-state index contributed by atoms with van der Waals surface area (Å²) in [6.45, 7) is 6.65. The normalized spacial score (nSPS) is 28.4. The van der Waals surface area contributed by atoms with Crippen LogP contribution in [0, 0.1) is 5.41 Å². The summed E-state index contributed by atoms with van der Waals surface area (Å²) in [4.78, 5) is 0. The molecule has 0 aromatic heterocycles. The van der Waals surface area contributed by atoms with Crippen LogP contribution in [0.2, 0.25) is 0 Å². The lowest BCUT2D eigenvalue weighted by Gasteiger charge is -2.39. The third-order valence-electron chi connectivity index (χ3n) is 3.03. The molecule has 2 atom stereocenters. The molecule has 1 fully saturated rings. The van der Waals surface area contributed by atoms with Gasteiger partial charge in [-0.3, -0.25) is 0 Å². The van der Waals surface area contributed by atoms with Gasteiger partial charge in [0.1, 0.15) is 6.10 Å². The van der Waals surface area contributed by atoms with E-state index in [1.54, 1.807) is 14.2 Å². The number of ether oxygens (including phenoxy) is 3. The lowest BCUT2D eigenvalue weighted by Crippen LogP contribution is -2.43. The Kier molecular flexibility index (Phi) is 4.56. The van der Waals surface area contributed by atoms with Gasteiger partial charge in [-0.05, 0) is 24.7 Å². The average Bonchev–Trinajstić information content (AvgIpc) is 2.19. The molecule has 1 aliphatic rings. The van der Waals surface area contributed by atoms with Gasteiger partial charge in [-0.2, -0.15) is 0 Å². The molecule has 0 aromatic carbocycles. The molecule has 0 unspecified atom stereocenters. The fourth-order valence-electron chi connectivity index (χ4n) is 2.09. The van der Waals surface area contributed by atoms with Crippen molar-refractivity contribution in [3.63, 3.8) is 0 Å². The van der Waals surface area contributed by atoms with Crippen molar-refractivity contribution in [2.75, 3.05) is 14.2 Å². The van der Waals surface area contributed by atoms with Crippen molar-refractivity contribution >= 4 is 0 Å². The number of hydrogen-bond acceptors (Lipinski definition) is 3. The number of hydrogen-bond donors (Lipinski definition) is 0. The zero-order chi connectivity index (χ0) is 11.5. The second-order valence-corrected chi connectivity index (χ2v) is 5.30. The van der Waals surface area contributed by atoms with E-state index in [-0.39, 0.29) is 17.8 Å². The van der Waals surface area contributed by atoms with Crippen LogP contribution in [-0.2, 0) is 14.2 Å². The van der Waals surface area contributed by atoms with Crippen LogP contribution in [-0.4, -0.2) is 32.7 Å². The predicted molar refractivity (Wildman–Crippen MR) is 59.8 cm³/mol. The minimum Gasteiger partial charge on any atom is -0.369 e. The van der Waals surface area contributed by atoms with Crippen LogP contribution in [0.15, 0.2) is 0 Å². The Morgan fingerprint density at radius 1 is 1.13 bits per heavy atom. The first-order chi connectivity index (χ1) is 6.99. The fourth-order valence-corrected chi connectivity index (χ4v) is 2.09. The van der Waals surface area contributed by atoms with Gasteiger partial charge in [-0.15, -0.1) is 0 Å². The highest BCUT2D eigenvalue weighted by molar-refractivity contribution is 4.81. The van der Waals surface area contributed by atoms with Crippen molar-refractivity contribution in [3.05, 3.63) is 0 Å². The van der Waals surface area contributed by atoms with E-state index in [1.807, 2.05) is 0 Å². The van der Waals surface area contributed by atoms with Crippen LogP contribution < -0.4 is 0 Å². The van der Waals surface area contributed by atoms with Gasteiger partial charge in [0.2, 0.25) is 0 Å². The van der Waals surface area contributed by atoms with Crippen molar-refractivity contribution in [2.24, 2.45) is 5.41 Å². The Hall–Kier alpha value is -0.120. The summed E-state index contributed by atoms with van der Waals surface area (Å²) in [7, 11) is 3.33. The molecule has 0 N–H and O–H groups in total. The first-order valence-corrected chi connectivity index (χ1v) is 5.70. The summed E-state index contributed by atoms with van der Waals surface area (Å²) in [6, 6.07) is 0. The van der Waals surface area contributed by atoms with Gasteiger partial charge >= 0.3 is 0 Å². The van der Waals surface area contributed by atoms with Crippen molar-refractivity contribution in [1.82, 2.24) is 0 Å². The smallest absolute Gasteiger partial charge is 0.183 e. The molecule has 3 heteroatoms. The maximum atomic E-state index is 6.04. The summed E-state index contributed by atoms with van der Waals surface area (Å²) in [5.41, 5.74) is 0.199. The second kappa shape index (κ2) is 5.28. The van der Waals surface area contributed by atoms with Crippen molar-refractivity contribution in [1.29, 1.82) is 0 Å². The Morgan fingerprint density at radius 2 is 1.73 bits per heavy atom. The third-order valence-corrected chi connectivity index (χ3v) is 3.03. The second-order valence-electron chi connectivity index (χ2n) is 5.30. The molecule has 3 nitrogen and oxygen atoms in total. The molecule has 1 heterocycles. The van der Waals surface area contributed by atoms with Gasteiger partial charge in [0.15, 0.2) is 6.29 Å². The topological polar surface area (TPSA) is 27.7 Å². The van der Waals surface area contributed by atoms with Crippen LogP contribution >= 0.6 is 0 Å². The SMILES string of the molecule is COC(OC)[C@H]1CCC[C@@H](C(C)(C)C)O1. The van der Waals surface area contributed by atoms with Crippen molar-refractivity contribution < 1.29 is 14.2 Å². The molecule has 0 aromatic rings. The summed E-state index contributed by atoms with van der Waals surface area (Å²) in [5.74, 6) is 0. The minimum absolute atomic E-state index is 0.0815. The monoisotopic (exact) mass is 216 g/mol. The molecular formula is C12H24O3. The summed E-state index contributed by atoms with van der Waals surface area (Å²) in [6.07, 6.45) is 3.52. The molecule has 1 saturated heterocycles. The standard InChI is InChI=1S/C12H24O3/c1-12(2,3)10-8-6-7-9(15-10)11(13-4)14-5/h9-11H,6-8H2,1-5H3/t9-,10+/m1/s1. The first-order valence-electron chi connectivity index (χ1n) is 5.70. The zero-order valence-electron chi connectivity index (χ0n) is 10.6. The van der Waals surface area contributed by atoms with Crippen molar-refractivity contribution in [3.8, 4) is 0 Å². The maximum absolute atomic E-state index is 6.04. The minimum atomic E-state index is -0.227. The average molecular weight is 216 g/mol. The van der Waals surface area contributed by atoms with Crippen LogP contribution in [0.4, 0.5) is 0 Å². The molecular weight excluding hydrogens is 192 g/mol. The molecule has 0 aliphatic carbocycles. The van der Waals surface area contributed by atoms with Gasteiger partial charge < -0.3 is 14.2 Å². The summed E-state index contributed by atoms with van der Waals surface area (Å²) in [5, 5.41) is 0.